The van der Waals surface area contributed by atoms with Gasteiger partial charge in [0.05, 0.1) is 17.1 Å². The van der Waals surface area contributed by atoms with E-state index in [1.807, 2.05) is 36.5 Å². The van der Waals surface area contributed by atoms with Gasteiger partial charge in [-0.15, -0.1) is 0 Å². The summed E-state index contributed by atoms with van der Waals surface area (Å²) in [7, 11) is 6.16. The number of piperidine rings is 1. The summed E-state index contributed by atoms with van der Waals surface area (Å²) in [6.07, 6.45) is 4.26. The highest BCUT2D eigenvalue weighted by atomic mass is 16.5. The molecule has 8 nitrogen and oxygen atoms in total. The number of nitrogens with two attached hydrogens (primary N) is 1. The molecule has 168 valence electrons. The topological polar surface area (TPSA) is 79.3 Å². The number of likely N-dealkylation sites (N-methyl/N-ethyl adjacent to an activating group) is 1. The van der Waals surface area contributed by atoms with Crippen molar-refractivity contribution >= 4 is 22.9 Å². The lowest BCUT2D eigenvalue weighted by Crippen LogP contribution is -2.41. The minimum atomic E-state index is -0.0559. The Morgan fingerprint density at radius 2 is 1.97 bits per heavy atom. The maximum absolute atomic E-state index is 12.2. The van der Waals surface area contributed by atoms with Crippen LogP contribution in [0, 0.1) is 0 Å². The quantitative estimate of drug-likeness (QED) is 0.680. The van der Waals surface area contributed by atoms with E-state index >= 15 is 0 Å². The summed E-state index contributed by atoms with van der Waals surface area (Å²) < 4.78 is 7.71. The molecule has 0 radical (unpaired) electrons. The number of ether oxygens (including phenoxy) is 1. The largest absolute Gasteiger partial charge is 0.482 e. The van der Waals surface area contributed by atoms with Crippen LogP contribution >= 0.6 is 0 Å². The maximum Gasteiger partial charge on any atom is 0.264 e. The predicted octanol–water partition coefficient (Wildman–Crippen LogP) is 2.46. The number of carbonyl (C=O) groups is 1. The van der Waals surface area contributed by atoms with Crippen molar-refractivity contribution in [2.45, 2.75) is 25.4 Å². The Bertz CT molecular complexity index is 1160. The number of aromatic nitrogens is 2. The normalized spacial score (nSPS) is 17.8. The van der Waals surface area contributed by atoms with E-state index in [-0.39, 0.29) is 12.5 Å². The first kappa shape index (κ1) is 20.8. The van der Waals surface area contributed by atoms with Gasteiger partial charge in [-0.3, -0.25) is 9.69 Å². The van der Waals surface area contributed by atoms with Crippen LogP contribution < -0.4 is 15.4 Å². The molecule has 2 aliphatic rings. The average molecular weight is 435 g/mol. The van der Waals surface area contributed by atoms with Gasteiger partial charge in [0.25, 0.3) is 5.91 Å². The number of anilines is 2. The Morgan fingerprint density at radius 1 is 1.19 bits per heavy atom. The molecule has 2 aliphatic heterocycles. The van der Waals surface area contributed by atoms with Crippen LogP contribution in [-0.2, 0) is 11.3 Å². The zero-order valence-corrected chi connectivity index (χ0v) is 18.9. The van der Waals surface area contributed by atoms with E-state index in [4.69, 9.17) is 15.5 Å². The summed E-state index contributed by atoms with van der Waals surface area (Å²) in [5, 5.41) is 0. The second-order valence-corrected chi connectivity index (χ2v) is 8.97. The highest BCUT2D eigenvalue weighted by Gasteiger charge is 2.26. The monoisotopic (exact) mass is 434 g/mol. The number of imidazole rings is 1. The van der Waals surface area contributed by atoms with Crippen LogP contribution in [0.1, 0.15) is 18.5 Å². The molecule has 0 bridgehead atoms. The molecule has 1 aromatic carbocycles. The van der Waals surface area contributed by atoms with Gasteiger partial charge in [0.1, 0.15) is 11.4 Å². The number of pyridine rings is 1. The summed E-state index contributed by atoms with van der Waals surface area (Å²) in [5.74, 6) is 0.661. The standard InChI is InChI=1S/C24H30N6O2/c1-27-10-8-18(9-11-27)28(2)14-20-24(26-22-7-5-17(25)13-30(20)22)16-4-6-21-19(12-16)29(3)23(31)15-32-21/h4-7,12-13,18H,8-11,14-15,25H2,1-3H3. The van der Waals surface area contributed by atoms with Crippen LogP contribution in [0.15, 0.2) is 36.5 Å². The second kappa shape index (κ2) is 8.11. The Kier molecular flexibility index (Phi) is 5.27. The number of fused-ring (bicyclic) bond motifs is 2. The van der Waals surface area contributed by atoms with Gasteiger partial charge in [-0.1, -0.05) is 0 Å². The highest BCUT2D eigenvalue weighted by Crippen LogP contribution is 2.37. The maximum atomic E-state index is 12.2. The van der Waals surface area contributed by atoms with Gasteiger partial charge in [-0.05, 0) is 70.4 Å². The molecular formula is C24H30N6O2. The number of benzene rings is 1. The zero-order chi connectivity index (χ0) is 22.4. The third kappa shape index (κ3) is 3.69. The van der Waals surface area contributed by atoms with Crippen molar-refractivity contribution < 1.29 is 9.53 Å². The van der Waals surface area contributed by atoms with Crippen molar-refractivity contribution in [3.63, 3.8) is 0 Å². The molecule has 1 fully saturated rings. The Morgan fingerprint density at radius 3 is 2.75 bits per heavy atom. The van der Waals surface area contributed by atoms with Crippen LogP contribution in [0.5, 0.6) is 5.75 Å². The van der Waals surface area contributed by atoms with E-state index in [0.29, 0.717) is 17.5 Å². The molecule has 5 rings (SSSR count). The summed E-state index contributed by atoms with van der Waals surface area (Å²) in [4.78, 5) is 23.6. The number of hydrogen-bond acceptors (Lipinski definition) is 6. The van der Waals surface area contributed by atoms with Crippen LogP contribution in [0.4, 0.5) is 11.4 Å². The minimum Gasteiger partial charge on any atom is -0.482 e. The van der Waals surface area contributed by atoms with Crippen molar-refractivity contribution in [3.05, 3.63) is 42.2 Å². The van der Waals surface area contributed by atoms with Crippen molar-refractivity contribution in [2.24, 2.45) is 0 Å². The lowest BCUT2D eigenvalue weighted by molar-refractivity contribution is -0.120. The fourth-order valence-electron chi connectivity index (χ4n) is 4.71. The molecule has 2 N–H and O–H groups in total. The number of nitrogens with zero attached hydrogens (tertiary/aromatic N) is 5. The van der Waals surface area contributed by atoms with Gasteiger partial charge in [0, 0.05) is 37.1 Å². The molecule has 1 amide bonds. The lowest BCUT2D eigenvalue weighted by Gasteiger charge is -2.35. The summed E-state index contributed by atoms with van der Waals surface area (Å²) >= 11 is 0. The van der Waals surface area contributed by atoms with E-state index in [1.165, 1.54) is 0 Å². The average Bonchev–Trinajstić information content (AvgIpc) is 3.14. The van der Waals surface area contributed by atoms with Crippen LogP contribution in [0.25, 0.3) is 16.9 Å². The zero-order valence-electron chi connectivity index (χ0n) is 18.9. The number of rotatable bonds is 4. The predicted molar refractivity (Wildman–Crippen MR) is 126 cm³/mol. The van der Waals surface area contributed by atoms with Gasteiger partial charge < -0.3 is 24.7 Å². The Balaban J connectivity index is 1.56. The van der Waals surface area contributed by atoms with E-state index in [0.717, 1.165) is 60.8 Å². The first-order valence-corrected chi connectivity index (χ1v) is 11.1. The van der Waals surface area contributed by atoms with Gasteiger partial charge in [-0.2, -0.15) is 0 Å². The SMILES string of the molecule is CN1CCC(N(C)Cc2c(-c3ccc4c(c3)N(C)C(=O)CO4)nc3ccc(N)cn23)CC1. The molecule has 4 heterocycles. The molecule has 2 aromatic heterocycles. The number of nitrogen functional groups attached to an aromatic ring is 1. The number of hydrogen-bond donors (Lipinski definition) is 1. The first-order valence-electron chi connectivity index (χ1n) is 11.1. The summed E-state index contributed by atoms with van der Waals surface area (Å²) in [6, 6.07) is 10.3. The van der Waals surface area contributed by atoms with Crippen molar-refractivity contribution in [1.29, 1.82) is 0 Å². The molecule has 0 saturated carbocycles. The second-order valence-electron chi connectivity index (χ2n) is 8.97. The van der Waals surface area contributed by atoms with Gasteiger partial charge in [0.15, 0.2) is 6.61 Å². The van der Waals surface area contributed by atoms with E-state index in [2.05, 4.69) is 28.3 Å². The smallest absolute Gasteiger partial charge is 0.264 e. The Labute approximate surface area is 188 Å². The highest BCUT2D eigenvalue weighted by molar-refractivity contribution is 5.98. The molecule has 0 aliphatic carbocycles. The lowest BCUT2D eigenvalue weighted by atomic mass is 10.0. The molecule has 0 unspecified atom stereocenters. The molecular weight excluding hydrogens is 404 g/mol. The number of carbonyl (C=O) groups excluding carboxylic acids is 1. The van der Waals surface area contributed by atoms with E-state index < -0.39 is 0 Å². The van der Waals surface area contributed by atoms with Crippen LogP contribution in [0.2, 0.25) is 0 Å². The van der Waals surface area contributed by atoms with E-state index in [9.17, 15) is 4.79 Å². The molecule has 1 saturated heterocycles. The van der Waals surface area contributed by atoms with Gasteiger partial charge in [0.2, 0.25) is 0 Å². The molecule has 0 spiro atoms. The fourth-order valence-corrected chi connectivity index (χ4v) is 4.71. The van der Waals surface area contributed by atoms with Crippen LogP contribution in [-0.4, -0.2) is 72.0 Å². The molecule has 3 aromatic rings. The van der Waals surface area contributed by atoms with Gasteiger partial charge in [-0.25, -0.2) is 4.98 Å². The third-order valence-electron chi connectivity index (χ3n) is 6.77. The minimum absolute atomic E-state index is 0.0559. The van der Waals surface area contributed by atoms with E-state index in [1.54, 1.807) is 11.9 Å². The third-order valence-corrected chi connectivity index (χ3v) is 6.77. The number of likely N-dealkylation sites (tertiary alicyclic amines) is 1. The van der Waals surface area contributed by atoms with Crippen molar-refractivity contribution in [1.82, 2.24) is 19.2 Å². The molecule has 32 heavy (non-hydrogen) atoms. The fraction of sp³-hybridized carbons (Fsp3) is 0.417. The van der Waals surface area contributed by atoms with Gasteiger partial charge >= 0.3 is 0 Å². The summed E-state index contributed by atoms with van der Waals surface area (Å²) in [6.45, 7) is 3.07. The van der Waals surface area contributed by atoms with Crippen LogP contribution in [0.3, 0.4) is 0 Å². The summed E-state index contributed by atoms with van der Waals surface area (Å²) in [5.41, 5.74) is 11.4. The van der Waals surface area contributed by atoms with Crippen molar-refractivity contribution in [2.75, 3.05) is 51.5 Å². The molecule has 8 heteroatoms. The first-order chi connectivity index (χ1) is 15.4. The van der Waals surface area contributed by atoms with Crippen molar-refractivity contribution in [3.8, 4) is 17.0 Å². The molecule has 0 atom stereocenters. The Hall–Kier alpha value is -3.10. The number of amides is 1.